The summed E-state index contributed by atoms with van der Waals surface area (Å²) < 4.78 is 69.2. The van der Waals surface area contributed by atoms with Crippen molar-refractivity contribution in [3.8, 4) is 5.88 Å². The normalized spacial score (nSPS) is 15.5. The van der Waals surface area contributed by atoms with Crippen LogP contribution in [-0.4, -0.2) is 88.8 Å². The molecule has 4 rings (SSSR count). The zero-order valence-electron chi connectivity index (χ0n) is 19.0. The Labute approximate surface area is 205 Å². The molecule has 0 saturated carbocycles. The molecule has 0 spiro atoms. The van der Waals surface area contributed by atoms with Crippen molar-refractivity contribution in [2.75, 3.05) is 49.1 Å². The Bertz CT molecular complexity index is 1010. The van der Waals surface area contributed by atoms with Crippen LogP contribution in [0.3, 0.4) is 0 Å². The summed E-state index contributed by atoms with van der Waals surface area (Å²) in [4.78, 5) is 35.6. The van der Waals surface area contributed by atoms with Gasteiger partial charge in [0.25, 0.3) is 0 Å². The number of halogens is 6. The van der Waals surface area contributed by atoms with E-state index in [2.05, 4.69) is 37.2 Å². The molecule has 1 saturated heterocycles. The van der Waals surface area contributed by atoms with Gasteiger partial charge >= 0.3 is 24.3 Å². The molecular formula is C20H22F6N6O5. The topological polar surface area (TPSA) is 141 Å². The number of fused-ring (bicyclic) bond motifs is 1. The molecule has 0 unspecified atom stereocenters. The molecular weight excluding hydrogens is 518 g/mol. The number of piperazine rings is 1. The van der Waals surface area contributed by atoms with Crippen molar-refractivity contribution < 1.29 is 50.9 Å². The average molecular weight is 540 g/mol. The third-order valence-corrected chi connectivity index (χ3v) is 4.68. The van der Waals surface area contributed by atoms with Gasteiger partial charge in [-0.15, -0.1) is 0 Å². The van der Waals surface area contributed by atoms with Crippen LogP contribution in [0.15, 0.2) is 30.6 Å². The van der Waals surface area contributed by atoms with Crippen LogP contribution in [0.4, 0.5) is 38.1 Å². The lowest BCUT2D eigenvalue weighted by Crippen LogP contribution is -2.47. The number of hydrogen-bond acceptors (Lipinski definition) is 9. The van der Waals surface area contributed by atoms with Gasteiger partial charge in [-0.2, -0.15) is 31.3 Å². The highest BCUT2D eigenvalue weighted by atomic mass is 19.4. The molecule has 2 aromatic heterocycles. The van der Waals surface area contributed by atoms with Crippen LogP contribution in [0.5, 0.6) is 5.88 Å². The molecule has 17 heteroatoms. The summed E-state index contributed by atoms with van der Waals surface area (Å²) in [6, 6.07) is 6.04. The second-order valence-electron chi connectivity index (χ2n) is 7.29. The predicted octanol–water partition coefficient (Wildman–Crippen LogP) is 1.95. The summed E-state index contributed by atoms with van der Waals surface area (Å²) in [5.41, 5.74) is 1.13. The van der Waals surface area contributed by atoms with E-state index in [0.717, 1.165) is 62.5 Å². The standard InChI is InChI=1S/C16H20N6O.2C2HF3O2/c1-4-18-16(19-5-1)22-9-7-21(8-10-22)14-3-2-13-12-17-6-11-23-15(13)20-14;2*3-2(4,5)1(6)7/h1-5,17H,6-12H2;2*(H,6,7). The number of aromatic nitrogens is 3. The maximum atomic E-state index is 10.6. The molecule has 4 heterocycles. The van der Waals surface area contributed by atoms with Crippen LogP contribution >= 0.6 is 0 Å². The largest absolute Gasteiger partial charge is 0.490 e. The minimum Gasteiger partial charge on any atom is -0.476 e. The molecule has 2 aromatic rings. The summed E-state index contributed by atoms with van der Waals surface area (Å²) >= 11 is 0. The Hall–Kier alpha value is -3.89. The second-order valence-corrected chi connectivity index (χ2v) is 7.29. The molecule has 37 heavy (non-hydrogen) atoms. The van der Waals surface area contributed by atoms with E-state index >= 15 is 0 Å². The van der Waals surface area contributed by atoms with Gasteiger partial charge in [-0.05, 0) is 18.2 Å². The van der Waals surface area contributed by atoms with Gasteiger partial charge in [-0.25, -0.2) is 19.6 Å². The molecule has 0 amide bonds. The van der Waals surface area contributed by atoms with Gasteiger partial charge < -0.3 is 30.1 Å². The Morgan fingerprint density at radius 3 is 1.92 bits per heavy atom. The monoisotopic (exact) mass is 540 g/mol. The number of ether oxygens (including phenoxy) is 1. The molecule has 1 fully saturated rings. The zero-order chi connectivity index (χ0) is 27.6. The molecule has 3 N–H and O–H groups in total. The highest BCUT2D eigenvalue weighted by Crippen LogP contribution is 2.24. The Morgan fingerprint density at radius 2 is 1.41 bits per heavy atom. The molecule has 204 valence electrons. The van der Waals surface area contributed by atoms with Gasteiger partial charge in [-0.3, -0.25) is 0 Å². The average Bonchev–Trinajstić information content (AvgIpc) is 3.09. The molecule has 11 nitrogen and oxygen atoms in total. The van der Waals surface area contributed by atoms with Crippen LogP contribution in [0.1, 0.15) is 5.56 Å². The number of aliphatic carboxylic acids is 2. The number of alkyl halides is 6. The number of rotatable bonds is 2. The number of nitrogens with zero attached hydrogens (tertiary/aromatic N) is 5. The maximum Gasteiger partial charge on any atom is 0.490 e. The van der Waals surface area contributed by atoms with Crippen LogP contribution < -0.4 is 19.9 Å². The van der Waals surface area contributed by atoms with E-state index in [1.54, 1.807) is 12.4 Å². The fraction of sp³-hybridized carbons (Fsp3) is 0.450. The summed E-state index contributed by atoms with van der Waals surface area (Å²) in [7, 11) is 0. The molecule has 0 radical (unpaired) electrons. The third-order valence-electron chi connectivity index (χ3n) is 4.68. The smallest absolute Gasteiger partial charge is 0.476 e. The van der Waals surface area contributed by atoms with Crippen LogP contribution in [0.25, 0.3) is 0 Å². The lowest BCUT2D eigenvalue weighted by Gasteiger charge is -2.35. The van der Waals surface area contributed by atoms with Crippen molar-refractivity contribution >= 4 is 23.7 Å². The number of pyridine rings is 1. The maximum absolute atomic E-state index is 10.6. The quantitative estimate of drug-likeness (QED) is 0.482. The first-order valence-electron chi connectivity index (χ1n) is 10.5. The first kappa shape index (κ1) is 29.3. The minimum atomic E-state index is -5.08. The number of nitrogens with one attached hydrogen (secondary N) is 1. The number of anilines is 2. The third kappa shape index (κ3) is 9.59. The van der Waals surface area contributed by atoms with Crippen LogP contribution in [0.2, 0.25) is 0 Å². The van der Waals surface area contributed by atoms with E-state index in [0.29, 0.717) is 6.61 Å². The van der Waals surface area contributed by atoms with Crippen LogP contribution in [0, 0.1) is 0 Å². The van der Waals surface area contributed by atoms with E-state index in [-0.39, 0.29) is 0 Å². The van der Waals surface area contributed by atoms with Gasteiger partial charge in [0, 0.05) is 57.2 Å². The lowest BCUT2D eigenvalue weighted by molar-refractivity contribution is -0.193. The van der Waals surface area contributed by atoms with Crippen molar-refractivity contribution in [3.05, 3.63) is 36.2 Å². The SMILES string of the molecule is O=C(O)C(F)(F)F.O=C(O)C(F)(F)F.c1cnc(N2CCN(c3ccc4c(n3)OCCNC4)CC2)nc1. The van der Waals surface area contributed by atoms with Crippen molar-refractivity contribution in [3.63, 3.8) is 0 Å². The van der Waals surface area contributed by atoms with E-state index in [4.69, 9.17) is 29.5 Å². The number of carboxylic acid groups (broad SMARTS) is 2. The van der Waals surface area contributed by atoms with Gasteiger partial charge in [0.1, 0.15) is 12.4 Å². The van der Waals surface area contributed by atoms with Crippen molar-refractivity contribution in [1.29, 1.82) is 0 Å². The minimum absolute atomic E-state index is 0.669. The first-order chi connectivity index (χ1) is 17.3. The first-order valence-corrected chi connectivity index (χ1v) is 10.5. The summed E-state index contributed by atoms with van der Waals surface area (Å²) in [5, 5.41) is 17.6. The zero-order valence-corrected chi connectivity index (χ0v) is 19.0. The Balaban J connectivity index is 0.000000286. The van der Waals surface area contributed by atoms with Gasteiger partial charge in [0.15, 0.2) is 0 Å². The number of carboxylic acids is 2. The molecule has 0 aromatic carbocycles. The van der Waals surface area contributed by atoms with Crippen molar-refractivity contribution in [2.45, 2.75) is 18.9 Å². The fourth-order valence-electron chi connectivity index (χ4n) is 2.93. The molecule has 2 aliphatic heterocycles. The van der Waals surface area contributed by atoms with Crippen molar-refractivity contribution in [1.82, 2.24) is 20.3 Å². The van der Waals surface area contributed by atoms with Gasteiger partial charge in [0.2, 0.25) is 11.8 Å². The fourth-order valence-corrected chi connectivity index (χ4v) is 2.93. The Kier molecular flexibility index (Phi) is 10.2. The van der Waals surface area contributed by atoms with E-state index in [1.807, 2.05) is 6.07 Å². The van der Waals surface area contributed by atoms with E-state index in [9.17, 15) is 26.3 Å². The summed E-state index contributed by atoms with van der Waals surface area (Å²) in [6.45, 7) is 5.95. The summed E-state index contributed by atoms with van der Waals surface area (Å²) in [5.74, 6) is -2.96. The molecule has 2 aliphatic rings. The molecule has 0 atom stereocenters. The summed E-state index contributed by atoms with van der Waals surface area (Å²) in [6.07, 6.45) is -6.60. The lowest BCUT2D eigenvalue weighted by atomic mass is 10.2. The number of hydrogen-bond donors (Lipinski definition) is 3. The highest BCUT2D eigenvalue weighted by molar-refractivity contribution is 5.73. The Morgan fingerprint density at radius 1 is 0.892 bits per heavy atom. The predicted molar refractivity (Wildman–Crippen MR) is 115 cm³/mol. The van der Waals surface area contributed by atoms with Gasteiger partial charge in [-0.1, -0.05) is 0 Å². The second kappa shape index (κ2) is 12.9. The highest BCUT2D eigenvalue weighted by Gasteiger charge is 2.38. The van der Waals surface area contributed by atoms with Crippen LogP contribution in [-0.2, 0) is 16.1 Å². The van der Waals surface area contributed by atoms with E-state index in [1.165, 1.54) is 0 Å². The van der Waals surface area contributed by atoms with Crippen molar-refractivity contribution in [2.24, 2.45) is 0 Å². The number of carbonyl (C=O) groups is 2. The van der Waals surface area contributed by atoms with Gasteiger partial charge in [0.05, 0.1) is 0 Å². The molecule has 0 bridgehead atoms. The molecule has 0 aliphatic carbocycles. The van der Waals surface area contributed by atoms with E-state index < -0.39 is 24.3 Å².